The molecule has 2 fully saturated rings. The second-order valence-electron chi connectivity index (χ2n) is 6.71. The van der Waals surface area contributed by atoms with Gasteiger partial charge in [-0.15, -0.1) is 0 Å². The third-order valence-electron chi connectivity index (χ3n) is 4.75. The maximum absolute atomic E-state index is 12.9. The third-order valence-corrected chi connectivity index (χ3v) is 4.75. The SMILES string of the molecule is CCCC(CCC)C(=O)N(CC1CCCNC1)C1CC1. The van der Waals surface area contributed by atoms with Crippen LogP contribution in [0.4, 0.5) is 0 Å². The van der Waals surface area contributed by atoms with Crippen molar-refractivity contribution in [2.45, 2.75) is 71.3 Å². The molecule has 2 rings (SSSR count). The van der Waals surface area contributed by atoms with Gasteiger partial charge < -0.3 is 10.2 Å². The van der Waals surface area contributed by atoms with E-state index in [0.717, 1.165) is 45.3 Å². The molecule has 0 spiro atoms. The zero-order valence-corrected chi connectivity index (χ0v) is 13.4. The Balaban J connectivity index is 1.93. The topological polar surface area (TPSA) is 32.3 Å². The number of nitrogens with one attached hydrogen (secondary N) is 1. The van der Waals surface area contributed by atoms with Gasteiger partial charge in [-0.2, -0.15) is 0 Å². The van der Waals surface area contributed by atoms with Crippen LogP contribution in [0.15, 0.2) is 0 Å². The first-order chi connectivity index (χ1) is 9.76. The summed E-state index contributed by atoms with van der Waals surface area (Å²) < 4.78 is 0. The molecule has 1 unspecified atom stereocenters. The van der Waals surface area contributed by atoms with Crippen LogP contribution in [0.5, 0.6) is 0 Å². The van der Waals surface area contributed by atoms with Crippen molar-refractivity contribution in [2.75, 3.05) is 19.6 Å². The monoisotopic (exact) mass is 280 g/mol. The lowest BCUT2D eigenvalue weighted by Gasteiger charge is -2.32. The Labute approximate surface area is 124 Å². The molecular weight excluding hydrogens is 248 g/mol. The second kappa shape index (κ2) is 8.02. The molecule has 3 heteroatoms. The van der Waals surface area contributed by atoms with Crippen molar-refractivity contribution in [1.82, 2.24) is 10.2 Å². The highest BCUT2D eigenvalue weighted by atomic mass is 16.2. The molecule has 0 aromatic heterocycles. The van der Waals surface area contributed by atoms with Crippen molar-refractivity contribution in [2.24, 2.45) is 11.8 Å². The predicted octanol–water partition coefficient (Wildman–Crippen LogP) is 3.19. The van der Waals surface area contributed by atoms with Gasteiger partial charge in [0, 0.05) is 18.5 Å². The summed E-state index contributed by atoms with van der Waals surface area (Å²) in [6.07, 6.45) is 9.41. The van der Waals surface area contributed by atoms with Crippen molar-refractivity contribution in [1.29, 1.82) is 0 Å². The zero-order chi connectivity index (χ0) is 14.4. The summed E-state index contributed by atoms with van der Waals surface area (Å²) in [5.41, 5.74) is 0. The molecule has 20 heavy (non-hydrogen) atoms. The Morgan fingerprint density at radius 1 is 1.20 bits per heavy atom. The van der Waals surface area contributed by atoms with Gasteiger partial charge in [-0.1, -0.05) is 26.7 Å². The molecule has 1 aliphatic heterocycles. The van der Waals surface area contributed by atoms with Crippen molar-refractivity contribution in [3.8, 4) is 0 Å². The van der Waals surface area contributed by atoms with Gasteiger partial charge >= 0.3 is 0 Å². The highest BCUT2D eigenvalue weighted by molar-refractivity contribution is 5.79. The van der Waals surface area contributed by atoms with E-state index >= 15 is 0 Å². The highest BCUT2D eigenvalue weighted by Gasteiger charge is 2.36. The Bertz CT molecular complexity index is 289. The Hall–Kier alpha value is -0.570. The maximum atomic E-state index is 12.9. The molecular formula is C17H32N2O. The molecule has 1 N–H and O–H groups in total. The quantitative estimate of drug-likeness (QED) is 0.740. The number of carbonyl (C=O) groups excluding carboxylic acids is 1. The normalized spacial score (nSPS) is 23.1. The fraction of sp³-hybridized carbons (Fsp3) is 0.941. The molecule has 1 heterocycles. The van der Waals surface area contributed by atoms with Crippen LogP contribution in [-0.2, 0) is 4.79 Å². The summed E-state index contributed by atoms with van der Waals surface area (Å²) >= 11 is 0. The molecule has 1 saturated heterocycles. The lowest BCUT2D eigenvalue weighted by Crippen LogP contribution is -2.44. The van der Waals surface area contributed by atoms with Gasteiger partial charge in [0.25, 0.3) is 0 Å². The van der Waals surface area contributed by atoms with Gasteiger partial charge in [0.2, 0.25) is 5.91 Å². The van der Waals surface area contributed by atoms with Gasteiger partial charge in [0.05, 0.1) is 0 Å². The minimum atomic E-state index is 0.280. The number of amides is 1. The lowest BCUT2D eigenvalue weighted by molar-refractivity contribution is -0.137. The smallest absolute Gasteiger partial charge is 0.225 e. The van der Waals surface area contributed by atoms with Crippen LogP contribution in [0, 0.1) is 11.8 Å². The number of piperidine rings is 1. The predicted molar refractivity (Wildman–Crippen MR) is 83.6 cm³/mol. The molecule has 0 aromatic carbocycles. The van der Waals surface area contributed by atoms with Crippen molar-refractivity contribution in [3.05, 3.63) is 0 Å². The molecule has 1 atom stereocenters. The van der Waals surface area contributed by atoms with E-state index in [9.17, 15) is 4.79 Å². The van der Waals surface area contributed by atoms with E-state index in [1.807, 2.05) is 0 Å². The standard InChI is InChI=1S/C17H32N2O/c1-3-6-15(7-4-2)17(20)19(16-9-10-16)13-14-8-5-11-18-12-14/h14-16,18H,3-13H2,1-2H3. The van der Waals surface area contributed by atoms with E-state index in [2.05, 4.69) is 24.1 Å². The van der Waals surface area contributed by atoms with Crippen LogP contribution in [0.3, 0.4) is 0 Å². The van der Waals surface area contributed by atoms with Gasteiger partial charge in [0.1, 0.15) is 0 Å². The fourth-order valence-corrected chi connectivity index (χ4v) is 3.49. The molecule has 1 amide bonds. The fourth-order valence-electron chi connectivity index (χ4n) is 3.49. The summed E-state index contributed by atoms with van der Waals surface area (Å²) in [6, 6.07) is 0.570. The van der Waals surface area contributed by atoms with Crippen LogP contribution in [-0.4, -0.2) is 36.5 Å². The summed E-state index contributed by atoms with van der Waals surface area (Å²) in [6.45, 7) is 7.65. The third kappa shape index (κ3) is 4.47. The number of hydrogen-bond acceptors (Lipinski definition) is 2. The van der Waals surface area contributed by atoms with Crippen LogP contribution in [0.1, 0.15) is 65.2 Å². The number of rotatable bonds is 8. The molecule has 1 aliphatic carbocycles. The van der Waals surface area contributed by atoms with Crippen LogP contribution in [0.2, 0.25) is 0 Å². The summed E-state index contributed by atoms with van der Waals surface area (Å²) in [5.74, 6) is 1.42. The van der Waals surface area contributed by atoms with Crippen molar-refractivity contribution in [3.63, 3.8) is 0 Å². The first-order valence-corrected chi connectivity index (χ1v) is 8.77. The molecule has 0 aromatic rings. The maximum Gasteiger partial charge on any atom is 0.225 e. The summed E-state index contributed by atoms with van der Waals surface area (Å²) in [5, 5.41) is 3.48. The Morgan fingerprint density at radius 2 is 1.90 bits per heavy atom. The average molecular weight is 280 g/mol. The van der Waals surface area contributed by atoms with Crippen LogP contribution < -0.4 is 5.32 Å². The summed E-state index contributed by atoms with van der Waals surface area (Å²) in [4.78, 5) is 15.1. The number of hydrogen-bond donors (Lipinski definition) is 1. The molecule has 2 aliphatic rings. The number of nitrogens with zero attached hydrogens (tertiary/aromatic N) is 1. The Kier molecular flexibility index (Phi) is 6.34. The van der Waals surface area contributed by atoms with Crippen LogP contribution in [0.25, 0.3) is 0 Å². The largest absolute Gasteiger partial charge is 0.339 e. The van der Waals surface area contributed by atoms with Crippen molar-refractivity contribution >= 4 is 5.91 Å². The first kappa shape index (κ1) is 15.8. The summed E-state index contributed by atoms with van der Waals surface area (Å²) in [7, 11) is 0. The van der Waals surface area contributed by atoms with Gasteiger partial charge in [-0.25, -0.2) is 0 Å². The van der Waals surface area contributed by atoms with E-state index < -0.39 is 0 Å². The molecule has 0 radical (unpaired) electrons. The van der Waals surface area contributed by atoms with E-state index in [1.54, 1.807) is 0 Å². The number of carbonyl (C=O) groups is 1. The lowest BCUT2D eigenvalue weighted by atomic mass is 9.94. The van der Waals surface area contributed by atoms with E-state index in [0.29, 0.717) is 17.9 Å². The van der Waals surface area contributed by atoms with Gasteiger partial charge in [-0.05, 0) is 57.5 Å². The zero-order valence-electron chi connectivity index (χ0n) is 13.4. The Morgan fingerprint density at radius 3 is 2.40 bits per heavy atom. The minimum absolute atomic E-state index is 0.280. The molecule has 3 nitrogen and oxygen atoms in total. The minimum Gasteiger partial charge on any atom is -0.339 e. The first-order valence-electron chi connectivity index (χ1n) is 8.77. The van der Waals surface area contributed by atoms with E-state index in [-0.39, 0.29) is 5.92 Å². The van der Waals surface area contributed by atoms with Gasteiger partial charge in [-0.3, -0.25) is 4.79 Å². The van der Waals surface area contributed by atoms with E-state index in [1.165, 1.54) is 25.7 Å². The molecule has 0 bridgehead atoms. The average Bonchev–Trinajstić information content (AvgIpc) is 3.29. The molecule has 1 saturated carbocycles. The highest BCUT2D eigenvalue weighted by Crippen LogP contribution is 2.31. The van der Waals surface area contributed by atoms with Gasteiger partial charge in [0.15, 0.2) is 0 Å². The second-order valence-corrected chi connectivity index (χ2v) is 6.71. The molecule has 116 valence electrons. The van der Waals surface area contributed by atoms with E-state index in [4.69, 9.17) is 0 Å². The van der Waals surface area contributed by atoms with Crippen molar-refractivity contribution < 1.29 is 4.79 Å². The van der Waals surface area contributed by atoms with Crippen LogP contribution >= 0.6 is 0 Å².